The highest BCUT2D eigenvalue weighted by Crippen LogP contribution is 2.15. The predicted octanol–water partition coefficient (Wildman–Crippen LogP) is 4.77. The third-order valence-corrected chi connectivity index (χ3v) is 4.31. The van der Waals surface area contributed by atoms with Gasteiger partial charge in [-0.25, -0.2) is 0 Å². The van der Waals surface area contributed by atoms with E-state index in [4.69, 9.17) is 11.6 Å². The Kier molecular flexibility index (Phi) is 7.25. The van der Waals surface area contributed by atoms with Crippen molar-refractivity contribution in [2.45, 2.75) is 44.9 Å². The minimum absolute atomic E-state index is 0.212. The molecule has 21 heavy (non-hydrogen) atoms. The van der Waals surface area contributed by atoms with Crippen molar-refractivity contribution < 1.29 is 4.79 Å². The van der Waals surface area contributed by atoms with Crippen LogP contribution in [0.1, 0.15) is 55.3 Å². The second-order valence-electron chi connectivity index (χ2n) is 5.81. The summed E-state index contributed by atoms with van der Waals surface area (Å²) < 4.78 is 0. The molecule has 1 heterocycles. The number of rotatable bonds is 8. The van der Waals surface area contributed by atoms with E-state index < -0.39 is 0 Å². The summed E-state index contributed by atoms with van der Waals surface area (Å²) in [5.41, 5.74) is 0.743. The number of carbonyl (C=O) groups is 1. The molecular formula is C18H25ClNO. The Morgan fingerprint density at radius 1 is 1.10 bits per heavy atom. The summed E-state index contributed by atoms with van der Waals surface area (Å²) in [4.78, 5) is 14.6. The first kappa shape index (κ1) is 16.5. The lowest BCUT2D eigenvalue weighted by molar-refractivity contribution is 0.0979. The van der Waals surface area contributed by atoms with Crippen LogP contribution in [0.4, 0.5) is 0 Å². The lowest BCUT2D eigenvalue weighted by atomic mass is 10.0. The molecule has 0 aliphatic carbocycles. The maximum Gasteiger partial charge on any atom is 0.162 e. The van der Waals surface area contributed by atoms with Crippen molar-refractivity contribution in [2.24, 2.45) is 0 Å². The van der Waals surface area contributed by atoms with Gasteiger partial charge in [0.15, 0.2) is 5.78 Å². The Balaban J connectivity index is 1.54. The van der Waals surface area contributed by atoms with Crippen LogP contribution in [0.5, 0.6) is 0 Å². The average molecular weight is 307 g/mol. The zero-order valence-corrected chi connectivity index (χ0v) is 13.4. The van der Waals surface area contributed by atoms with Gasteiger partial charge in [0.25, 0.3) is 0 Å². The molecular weight excluding hydrogens is 282 g/mol. The monoisotopic (exact) mass is 306 g/mol. The number of Topliss-reactive ketones (excluding diaryl/α,β-unsaturated/α-hetero) is 1. The molecule has 115 valence electrons. The van der Waals surface area contributed by atoms with Crippen molar-refractivity contribution in [2.75, 3.05) is 19.6 Å². The number of nitrogens with zero attached hydrogens (tertiary/aromatic N) is 1. The van der Waals surface area contributed by atoms with Crippen molar-refractivity contribution in [3.8, 4) is 0 Å². The molecule has 1 aromatic carbocycles. The molecule has 1 aromatic rings. The van der Waals surface area contributed by atoms with E-state index in [1.165, 1.54) is 45.3 Å². The zero-order valence-electron chi connectivity index (χ0n) is 12.7. The second-order valence-corrected chi connectivity index (χ2v) is 6.24. The van der Waals surface area contributed by atoms with Gasteiger partial charge in [0.1, 0.15) is 0 Å². The SMILES string of the molecule is O=C(CCCCCCN1CC[CH]CC1)c1cccc(Cl)c1. The zero-order chi connectivity index (χ0) is 14.9. The van der Waals surface area contributed by atoms with Crippen LogP contribution in [-0.4, -0.2) is 30.3 Å². The largest absolute Gasteiger partial charge is 0.303 e. The van der Waals surface area contributed by atoms with E-state index in [0.717, 1.165) is 18.4 Å². The minimum atomic E-state index is 0.212. The fourth-order valence-electron chi connectivity index (χ4n) is 2.81. The first-order valence-corrected chi connectivity index (χ1v) is 8.46. The second kappa shape index (κ2) is 9.22. The molecule has 2 nitrogen and oxygen atoms in total. The third-order valence-electron chi connectivity index (χ3n) is 4.07. The first-order chi connectivity index (χ1) is 10.3. The fraction of sp³-hybridized carbons (Fsp3) is 0.556. The van der Waals surface area contributed by atoms with Crippen molar-refractivity contribution in [3.63, 3.8) is 0 Å². The molecule has 0 spiro atoms. The summed E-state index contributed by atoms with van der Waals surface area (Å²) in [5, 5.41) is 0.639. The van der Waals surface area contributed by atoms with Crippen LogP contribution < -0.4 is 0 Å². The Bertz CT molecular complexity index is 441. The van der Waals surface area contributed by atoms with Gasteiger partial charge in [-0.3, -0.25) is 4.79 Å². The molecule has 0 saturated carbocycles. The Hall–Kier alpha value is -0.860. The topological polar surface area (TPSA) is 20.3 Å². The molecule has 0 atom stereocenters. The highest BCUT2D eigenvalue weighted by atomic mass is 35.5. The van der Waals surface area contributed by atoms with Crippen LogP contribution in [0.3, 0.4) is 0 Å². The van der Waals surface area contributed by atoms with E-state index in [-0.39, 0.29) is 5.78 Å². The molecule has 2 rings (SSSR count). The maximum absolute atomic E-state index is 12.0. The standard InChI is InChI=1S/C18H25ClNO/c19-17-10-8-9-16(15-17)18(21)11-4-1-2-5-12-20-13-6-3-7-14-20/h3,8-10,15H,1-2,4-7,11-14H2. The van der Waals surface area contributed by atoms with Crippen LogP contribution in [0, 0.1) is 6.42 Å². The van der Waals surface area contributed by atoms with Crippen LogP contribution in [-0.2, 0) is 0 Å². The van der Waals surface area contributed by atoms with E-state index >= 15 is 0 Å². The number of unbranched alkanes of at least 4 members (excludes halogenated alkanes) is 3. The van der Waals surface area contributed by atoms with Gasteiger partial charge in [0, 0.05) is 17.0 Å². The molecule has 0 N–H and O–H groups in total. The molecule has 1 fully saturated rings. The Labute approximate surface area is 133 Å². The van der Waals surface area contributed by atoms with E-state index in [2.05, 4.69) is 11.3 Å². The molecule has 1 aliphatic heterocycles. The molecule has 0 unspecified atom stereocenters. The summed E-state index contributed by atoms with van der Waals surface area (Å²) >= 11 is 5.91. The van der Waals surface area contributed by atoms with Crippen LogP contribution >= 0.6 is 11.6 Å². The minimum Gasteiger partial charge on any atom is -0.303 e. The normalized spacial score (nSPS) is 16.0. The lowest BCUT2D eigenvalue weighted by Crippen LogP contribution is -2.30. The van der Waals surface area contributed by atoms with E-state index in [1.54, 1.807) is 12.1 Å². The first-order valence-electron chi connectivity index (χ1n) is 8.08. The number of benzene rings is 1. The lowest BCUT2D eigenvalue weighted by Gasteiger charge is -2.26. The summed E-state index contributed by atoms with van der Waals surface area (Å²) in [6.07, 6.45) is 10.1. The van der Waals surface area contributed by atoms with Gasteiger partial charge in [0.05, 0.1) is 0 Å². The van der Waals surface area contributed by atoms with Crippen molar-refractivity contribution in [3.05, 3.63) is 41.3 Å². The van der Waals surface area contributed by atoms with Gasteiger partial charge in [-0.1, -0.05) is 36.6 Å². The van der Waals surface area contributed by atoms with E-state index in [0.29, 0.717) is 11.4 Å². The summed E-state index contributed by atoms with van der Waals surface area (Å²) in [6.45, 7) is 3.68. The van der Waals surface area contributed by atoms with E-state index in [9.17, 15) is 4.79 Å². The number of ketones is 1. The summed E-state index contributed by atoms with van der Waals surface area (Å²) in [5.74, 6) is 0.212. The molecule has 3 heteroatoms. The highest BCUT2D eigenvalue weighted by Gasteiger charge is 2.09. The maximum atomic E-state index is 12.0. The molecule has 0 amide bonds. The number of carbonyl (C=O) groups excluding carboxylic acids is 1. The smallest absolute Gasteiger partial charge is 0.162 e. The van der Waals surface area contributed by atoms with Crippen molar-refractivity contribution in [1.82, 2.24) is 4.90 Å². The highest BCUT2D eigenvalue weighted by molar-refractivity contribution is 6.31. The third kappa shape index (κ3) is 6.19. The summed E-state index contributed by atoms with van der Waals surface area (Å²) in [7, 11) is 0. The number of hydrogen-bond donors (Lipinski definition) is 0. The van der Waals surface area contributed by atoms with Gasteiger partial charge >= 0.3 is 0 Å². The van der Waals surface area contributed by atoms with Gasteiger partial charge in [-0.2, -0.15) is 0 Å². The van der Waals surface area contributed by atoms with Crippen LogP contribution in [0.2, 0.25) is 5.02 Å². The molecule has 1 aliphatic rings. The molecule has 1 saturated heterocycles. The molecule has 0 aromatic heterocycles. The average Bonchev–Trinajstić information content (AvgIpc) is 2.51. The quantitative estimate of drug-likeness (QED) is 0.509. The van der Waals surface area contributed by atoms with Gasteiger partial charge in [-0.15, -0.1) is 0 Å². The van der Waals surface area contributed by atoms with Crippen LogP contribution in [0.15, 0.2) is 24.3 Å². The number of piperidine rings is 1. The van der Waals surface area contributed by atoms with Crippen molar-refractivity contribution >= 4 is 17.4 Å². The Morgan fingerprint density at radius 2 is 1.86 bits per heavy atom. The summed E-state index contributed by atoms with van der Waals surface area (Å²) in [6, 6.07) is 7.25. The van der Waals surface area contributed by atoms with Crippen LogP contribution in [0.25, 0.3) is 0 Å². The fourth-order valence-corrected chi connectivity index (χ4v) is 3.00. The number of hydrogen-bond acceptors (Lipinski definition) is 2. The van der Waals surface area contributed by atoms with Gasteiger partial charge < -0.3 is 4.90 Å². The van der Waals surface area contributed by atoms with Gasteiger partial charge in [-0.05, 0) is 63.9 Å². The molecule has 0 bridgehead atoms. The molecule has 1 radical (unpaired) electrons. The number of halogens is 1. The predicted molar refractivity (Wildman–Crippen MR) is 88.8 cm³/mol. The number of likely N-dealkylation sites (tertiary alicyclic amines) is 1. The van der Waals surface area contributed by atoms with Gasteiger partial charge in [0.2, 0.25) is 0 Å². The Morgan fingerprint density at radius 3 is 2.62 bits per heavy atom. The van der Waals surface area contributed by atoms with Crippen molar-refractivity contribution in [1.29, 1.82) is 0 Å². The van der Waals surface area contributed by atoms with E-state index in [1.807, 2.05) is 12.1 Å².